The average molecular weight is 347 g/mol. The third-order valence-electron chi connectivity index (χ3n) is 3.06. The van der Waals surface area contributed by atoms with Crippen LogP contribution in [0.1, 0.15) is 29.8 Å². The first-order valence-corrected chi connectivity index (χ1v) is 8.67. The summed E-state index contributed by atoms with van der Waals surface area (Å²) in [4.78, 5) is 10.8. The molecule has 0 fully saturated rings. The van der Waals surface area contributed by atoms with Gasteiger partial charge in [-0.3, -0.25) is 4.79 Å². The molecule has 0 aliphatic carbocycles. The number of hydrogen-bond donors (Lipinski definition) is 0. The first-order chi connectivity index (χ1) is 11.1. The molecule has 24 heavy (non-hydrogen) atoms. The van der Waals surface area contributed by atoms with Crippen LogP contribution in [0.3, 0.4) is 0 Å². The van der Waals surface area contributed by atoms with Crippen molar-refractivity contribution < 1.29 is 22.3 Å². The molecule has 1 aromatic carbocycles. The number of carbonyl (C=O) groups excluding carboxylic acids is 1. The summed E-state index contributed by atoms with van der Waals surface area (Å²) in [6, 6.07) is 9.43. The van der Waals surface area contributed by atoms with Crippen molar-refractivity contribution in [3.05, 3.63) is 72.1 Å². The van der Waals surface area contributed by atoms with Crippen LogP contribution in [0.25, 0.3) is 0 Å². The second kappa shape index (κ2) is 8.52. The Morgan fingerprint density at radius 2 is 1.58 bits per heavy atom. The number of rotatable bonds is 4. The number of aromatic nitrogens is 1. The molecule has 0 bridgehead atoms. The first kappa shape index (κ1) is 19.7. The highest BCUT2D eigenvalue weighted by Gasteiger charge is 2.03. The van der Waals surface area contributed by atoms with Crippen molar-refractivity contribution in [2.45, 2.75) is 32.2 Å². The number of carbonyl (C=O) groups is 1. The molecular formula is C18H21NO4S. The van der Waals surface area contributed by atoms with Gasteiger partial charge in [-0.2, -0.15) is 0 Å². The Labute approximate surface area is 143 Å². The Balaban J connectivity index is 0.000000243. The highest BCUT2D eigenvalue weighted by atomic mass is 32.2. The molecule has 0 N–H and O–H groups in total. The van der Waals surface area contributed by atoms with E-state index in [1.54, 1.807) is 19.1 Å². The topological polar surface area (TPSA) is 78.1 Å². The molecular weight excluding hydrogens is 326 g/mol. The molecule has 0 saturated carbocycles. The minimum Gasteiger partial charge on any atom is -0.744 e. The third kappa shape index (κ3) is 6.85. The van der Waals surface area contributed by atoms with Crippen molar-refractivity contribution in [3.63, 3.8) is 0 Å². The number of ketones is 1. The van der Waals surface area contributed by atoms with Crippen molar-refractivity contribution in [1.82, 2.24) is 0 Å². The van der Waals surface area contributed by atoms with Gasteiger partial charge in [0.2, 0.25) is 0 Å². The molecule has 0 atom stereocenters. The number of benzene rings is 1. The molecule has 0 unspecified atom stereocenters. The molecule has 5 nitrogen and oxygen atoms in total. The predicted molar refractivity (Wildman–Crippen MR) is 90.6 cm³/mol. The Hall–Kier alpha value is -2.31. The monoisotopic (exact) mass is 347 g/mol. The molecule has 2 rings (SSSR count). The quantitative estimate of drug-likeness (QED) is 0.369. The van der Waals surface area contributed by atoms with Crippen LogP contribution in [0, 0.1) is 6.92 Å². The van der Waals surface area contributed by atoms with Gasteiger partial charge in [0, 0.05) is 17.7 Å². The van der Waals surface area contributed by atoms with Crippen LogP contribution in [0.2, 0.25) is 0 Å². The standard InChI is InChI=1S/C11H14NO.C7H8O3S/c1-9(2)8-12-6-4-11(5-7-12)10(3)13;1-6-2-4-7(5-3-6)11(8,9)10/h4-7H,1,8H2,2-3H3;2-5H,1H3,(H,8,9,10)/q+1;/p-1. The van der Waals surface area contributed by atoms with E-state index in [1.807, 2.05) is 42.9 Å². The summed E-state index contributed by atoms with van der Waals surface area (Å²) < 4.78 is 33.2. The summed E-state index contributed by atoms with van der Waals surface area (Å²) in [6.07, 6.45) is 3.79. The number of Topliss-reactive ketones (excluding diaryl/α,β-unsaturated/α-hetero) is 1. The van der Waals surface area contributed by atoms with Gasteiger partial charge < -0.3 is 4.55 Å². The van der Waals surface area contributed by atoms with Gasteiger partial charge in [0.05, 0.1) is 4.90 Å². The zero-order chi connectivity index (χ0) is 18.3. The lowest BCUT2D eigenvalue weighted by Crippen LogP contribution is -2.33. The van der Waals surface area contributed by atoms with Gasteiger partial charge in [0.25, 0.3) is 0 Å². The smallest absolute Gasteiger partial charge is 0.169 e. The van der Waals surface area contributed by atoms with Crippen LogP contribution in [-0.4, -0.2) is 18.8 Å². The van der Waals surface area contributed by atoms with E-state index < -0.39 is 10.1 Å². The van der Waals surface area contributed by atoms with E-state index in [1.165, 1.54) is 12.1 Å². The fourth-order valence-corrected chi connectivity index (χ4v) is 2.28. The zero-order valence-electron chi connectivity index (χ0n) is 14.0. The second-order valence-electron chi connectivity index (χ2n) is 5.54. The van der Waals surface area contributed by atoms with E-state index in [0.29, 0.717) is 0 Å². The van der Waals surface area contributed by atoms with E-state index in [-0.39, 0.29) is 10.7 Å². The number of hydrogen-bond acceptors (Lipinski definition) is 4. The first-order valence-electron chi connectivity index (χ1n) is 7.26. The van der Waals surface area contributed by atoms with Crippen LogP contribution in [0.4, 0.5) is 0 Å². The van der Waals surface area contributed by atoms with Crippen LogP contribution in [0.5, 0.6) is 0 Å². The van der Waals surface area contributed by atoms with E-state index in [2.05, 4.69) is 6.58 Å². The van der Waals surface area contributed by atoms with Gasteiger partial charge in [-0.05, 0) is 38.5 Å². The van der Waals surface area contributed by atoms with Gasteiger partial charge in [-0.25, -0.2) is 13.0 Å². The van der Waals surface area contributed by atoms with Crippen molar-refractivity contribution in [2.75, 3.05) is 0 Å². The minimum absolute atomic E-state index is 0.0995. The number of aryl methyl sites for hydroxylation is 1. The van der Waals surface area contributed by atoms with Crippen molar-refractivity contribution in [1.29, 1.82) is 0 Å². The lowest BCUT2D eigenvalue weighted by Gasteiger charge is -2.05. The molecule has 6 heteroatoms. The normalized spacial score (nSPS) is 10.5. The summed E-state index contributed by atoms with van der Waals surface area (Å²) in [5.74, 6) is 0.0995. The third-order valence-corrected chi connectivity index (χ3v) is 3.91. The predicted octanol–water partition coefficient (Wildman–Crippen LogP) is 2.65. The molecule has 128 valence electrons. The van der Waals surface area contributed by atoms with Crippen LogP contribution >= 0.6 is 0 Å². The van der Waals surface area contributed by atoms with E-state index in [0.717, 1.165) is 23.2 Å². The summed E-state index contributed by atoms with van der Waals surface area (Å²) in [7, 11) is -4.27. The fourth-order valence-electron chi connectivity index (χ4n) is 1.81. The molecule has 0 radical (unpaired) electrons. The number of nitrogens with zero attached hydrogens (tertiary/aromatic N) is 1. The summed E-state index contributed by atoms with van der Waals surface area (Å²) in [6.45, 7) is 9.99. The van der Waals surface area contributed by atoms with Crippen molar-refractivity contribution >= 4 is 15.9 Å². The van der Waals surface area contributed by atoms with Gasteiger partial charge >= 0.3 is 0 Å². The zero-order valence-corrected chi connectivity index (χ0v) is 14.8. The highest BCUT2D eigenvalue weighted by molar-refractivity contribution is 7.85. The van der Waals surface area contributed by atoms with Gasteiger partial charge in [0.1, 0.15) is 10.1 Å². The van der Waals surface area contributed by atoms with Gasteiger partial charge in [-0.1, -0.05) is 24.3 Å². The molecule has 0 aliphatic heterocycles. The SMILES string of the molecule is C=C(C)C[n+]1ccc(C(C)=O)cc1.Cc1ccc(S(=O)(=O)[O-])cc1. The maximum atomic E-state index is 11.0. The molecule has 2 aromatic rings. The Morgan fingerprint density at radius 3 is 1.96 bits per heavy atom. The molecule has 0 spiro atoms. The summed E-state index contributed by atoms with van der Waals surface area (Å²) in [5.41, 5.74) is 2.77. The average Bonchev–Trinajstić information content (AvgIpc) is 2.47. The Morgan fingerprint density at radius 1 is 1.08 bits per heavy atom. The van der Waals surface area contributed by atoms with Crippen molar-refractivity contribution in [2.24, 2.45) is 0 Å². The van der Waals surface area contributed by atoms with Crippen LogP contribution in [-0.2, 0) is 16.7 Å². The van der Waals surface area contributed by atoms with E-state index in [9.17, 15) is 17.8 Å². The van der Waals surface area contributed by atoms with Crippen LogP contribution < -0.4 is 4.57 Å². The number of pyridine rings is 1. The van der Waals surface area contributed by atoms with Gasteiger partial charge in [-0.15, -0.1) is 0 Å². The van der Waals surface area contributed by atoms with Crippen LogP contribution in [0.15, 0.2) is 65.8 Å². The maximum absolute atomic E-state index is 11.0. The minimum atomic E-state index is -4.27. The maximum Gasteiger partial charge on any atom is 0.169 e. The molecule has 0 aliphatic rings. The molecule has 1 aromatic heterocycles. The highest BCUT2D eigenvalue weighted by Crippen LogP contribution is 2.08. The lowest BCUT2D eigenvalue weighted by atomic mass is 10.2. The van der Waals surface area contributed by atoms with Crippen molar-refractivity contribution in [3.8, 4) is 0 Å². The second-order valence-corrected chi connectivity index (χ2v) is 6.92. The summed E-state index contributed by atoms with van der Waals surface area (Å²) in [5, 5.41) is 0. The van der Waals surface area contributed by atoms with Gasteiger partial charge in [0.15, 0.2) is 24.7 Å². The summed E-state index contributed by atoms with van der Waals surface area (Å²) >= 11 is 0. The lowest BCUT2D eigenvalue weighted by molar-refractivity contribution is -0.689. The molecule has 0 saturated heterocycles. The number of allylic oxidation sites excluding steroid dienone is 1. The largest absolute Gasteiger partial charge is 0.744 e. The van der Waals surface area contributed by atoms with E-state index in [4.69, 9.17) is 0 Å². The molecule has 1 heterocycles. The Kier molecular flexibility index (Phi) is 7.00. The molecule has 0 amide bonds. The van der Waals surface area contributed by atoms with E-state index >= 15 is 0 Å². The Bertz CT molecular complexity index is 807. The fraction of sp³-hybridized carbons (Fsp3) is 0.222.